The first-order valence-corrected chi connectivity index (χ1v) is 7.84. The molecule has 3 atom stereocenters. The first-order valence-electron chi connectivity index (χ1n) is 7.84. The molecule has 0 aliphatic heterocycles. The number of hydrazine groups is 1. The van der Waals surface area contributed by atoms with E-state index in [1.54, 1.807) is 0 Å². The molecule has 2 fully saturated rings. The van der Waals surface area contributed by atoms with Crippen LogP contribution in [0.5, 0.6) is 0 Å². The molecule has 3 N–H and O–H groups in total. The molecule has 104 valence electrons. The van der Waals surface area contributed by atoms with Crippen LogP contribution in [0.4, 0.5) is 0 Å². The van der Waals surface area contributed by atoms with Gasteiger partial charge in [0.25, 0.3) is 0 Å². The lowest BCUT2D eigenvalue weighted by Gasteiger charge is -2.28. The minimum atomic E-state index is 0.338. The van der Waals surface area contributed by atoms with Crippen LogP contribution in [-0.2, 0) is 0 Å². The Bertz CT molecular complexity index is 425. The molecule has 2 aliphatic carbocycles. The van der Waals surface area contributed by atoms with Crippen LogP contribution >= 0.6 is 0 Å². The van der Waals surface area contributed by atoms with Crippen molar-refractivity contribution in [2.75, 3.05) is 0 Å². The molecule has 0 aromatic heterocycles. The molecular formula is C17H26N2. The maximum atomic E-state index is 5.85. The van der Waals surface area contributed by atoms with Gasteiger partial charge in [0, 0.05) is 6.04 Å². The Balaban J connectivity index is 1.78. The lowest BCUT2D eigenvalue weighted by molar-refractivity contribution is 0.362. The molecule has 0 saturated heterocycles. The molecule has 0 spiro atoms. The van der Waals surface area contributed by atoms with E-state index in [1.165, 1.54) is 49.7 Å². The van der Waals surface area contributed by atoms with Crippen molar-refractivity contribution in [3.8, 4) is 0 Å². The largest absolute Gasteiger partial charge is 0.271 e. The fourth-order valence-corrected chi connectivity index (χ4v) is 3.81. The third kappa shape index (κ3) is 2.70. The molecule has 0 amide bonds. The predicted molar refractivity (Wildman–Crippen MR) is 79.6 cm³/mol. The summed E-state index contributed by atoms with van der Waals surface area (Å²) >= 11 is 0. The van der Waals surface area contributed by atoms with Gasteiger partial charge in [-0.1, -0.05) is 44.0 Å². The average Bonchev–Trinajstić information content (AvgIpc) is 2.75. The normalized spacial score (nSPS) is 29.2. The minimum absolute atomic E-state index is 0.338. The Kier molecular flexibility index (Phi) is 3.90. The maximum absolute atomic E-state index is 5.85. The van der Waals surface area contributed by atoms with Gasteiger partial charge >= 0.3 is 0 Å². The van der Waals surface area contributed by atoms with Crippen LogP contribution in [0.1, 0.15) is 68.5 Å². The molecule has 2 aliphatic rings. The van der Waals surface area contributed by atoms with Crippen molar-refractivity contribution >= 4 is 0 Å². The SMILES string of the molecule is CC1CCC(C(NN)c2cccc(C3CCC3)c2)C1. The van der Waals surface area contributed by atoms with Gasteiger partial charge < -0.3 is 0 Å². The van der Waals surface area contributed by atoms with Gasteiger partial charge in [-0.3, -0.25) is 11.3 Å². The van der Waals surface area contributed by atoms with Gasteiger partial charge in [-0.2, -0.15) is 0 Å². The molecule has 2 heteroatoms. The molecule has 2 nitrogen and oxygen atoms in total. The van der Waals surface area contributed by atoms with Gasteiger partial charge in [0.15, 0.2) is 0 Å². The van der Waals surface area contributed by atoms with Gasteiger partial charge in [0.05, 0.1) is 0 Å². The number of nitrogens with one attached hydrogen (secondary N) is 1. The highest BCUT2D eigenvalue weighted by molar-refractivity contribution is 5.30. The summed E-state index contributed by atoms with van der Waals surface area (Å²) in [6, 6.07) is 9.49. The Hall–Kier alpha value is -0.860. The highest BCUT2D eigenvalue weighted by atomic mass is 15.2. The molecular weight excluding hydrogens is 232 g/mol. The second kappa shape index (κ2) is 5.64. The Morgan fingerprint density at radius 2 is 2.05 bits per heavy atom. The number of nitrogens with two attached hydrogens (primary N) is 1. The van der Waals surface area contributed by atoms with Crippen molar-refractivity contribution in [1.82, 2.24) is 5.43 Å². The topological polar surface area (TPSA) is 38.0 Å². The summed E-state index contributed by atoms with van der Waals surface area (Å²) in [5.74, 6) is 8.22. The van der Waals surface area contributed by atoms with Crippen LogP contribution in [-0.4, -0.2) is 0 Å². The second-order valence-corrected chi connectivity index (χ2v) is 6.62. The zero-order valence-corrected chi connectivity index (χ0v) is 11.9. The Morgan fingerprint density at radius 1 is 1.21 bits per heavy atom. The van der Waals surface area contributed by atoms with Crippen LogP contribution in [0.25, 0.3) is 0 Å². The molecule has 0 bridgehead atoms. The molecule has 2 saturated carbocycles. The Labute approximate surface area is 116 Å². The summed E-state index contributed by atoms with van der Waals surface area (Å²) in [7, 11) is 0. The van der Waals surface area contributed by atoms with Crippen LogP contribution in [0.3, 0.4) is 0 Å². The van der Waals surface area contributed by atoms with Gasteiger partial charge in [-0.05, 0) is 54.6 Å². The van der Waals surface area contributed by atoms with E-state index in [1.807, 2.05) is 0 Å². The molecule has 0 radical (unpaired) electrons. The van der Waals surface area contributed by atoms with Crippen LogP contribution in [0.15, 0.2) is 24.3 Å². The quantitative estimate of drug-likeness (QED) is 0.635. The fraction of sp³-hybridized carbons (Fsp3) is 0.647. The van der Waals surface area contributed by atoms with Crippen molar-refractivity contribution < 1.29 is 0 Å². The standard InChI is InChI=1S/C17H26N2/c1-12-8-9-16(10-12)17(19-18)15-7-3-6-14(11-15)13-4-2-5-13/h3,6-7,11-13,16-17,19H,2,4-5,8-10,18H2,1H3. The lowest BCUT2D eigenvalue weighted by Crippen LogP contribution is -2.33. The van der Waals surface area contributed by atoms with Crippen LogP contribution in [0, 0.1) is 11.8 Å². The van der Waals surface area contributed by atoms with E-state index in [0.717, 1.165) is 11.8 Å². The molecule has 3 unspecified atom stereocenters. The number of benzene rings is 1. The smallest absolute Gasteiger partial charge is 0.0488 e. The third-order valence-electron chi connectivity index (χ3n) is 5.23. The first kappa shape index (κ1) is 13.1. The summed E-state index contributed by atoms with van der Waals surface area (Å²) < 4.78 is 0. The van der Waals surface area contributed by atoms with Crippen LogP contribution in [0.2, 0.25) is 0 Å². The minimum Gasteiger partial charge on any atom is -0.271 e. The van der Waals surface area contributed by atoms with Crippen molar-refractivity contribution in [2.24, 2.45) is 17.7 Å². The zero-order valence-electron chi connectivity index (χ0n) is 11.9. The highest BCUT2D eigenvalue weighted by Crippen LogP contribution is 2.41. The van der Waals surface area contributed by atoms with Crippen molar-refractivity contribution in [1.29, 1.82) is 0 Å². The number of hydrogen-bond donors (Lipinski definition) is 2. The van der Waals surface area contributed by atoms with E-state index in [0.29, 0.717) is 12.0 Å². The molecule has 19 heavy (non-hydrogen) atoms. The monoisotopic (exact) mass is 258 g/mol. The zero-order chi connectivity index (χ0) is 13.2. The van der Waals surface area contributed by atoms with Crippen molar-refractivity contribution in [2.45, 2.75) is 57.4 Å². The van der Waals surface area contributed by atoms with Crippen molar-refractivity contribution in [3.63, 3.8) is 0 Å². The van der Waals surface area contributed by atoms with E-state index in [-0.39, 0.29) is 0 Å². The first-order chi connectivity index (χ1) is 9.28. The van der Waals surface area contributed by atoms with E-state index >= 15 is 0 Å². The lowest BCUT2D eigenvalue weighted by atomic mass is 9.79. The van der Waals surface area contributed by atoms with Gasteiger partial charge in [0.1, 0.15) is 0 Å². The second-order valence-electron chi connectivity index (χ2n) is 6.62. The van der Waals surface area contributed by atoms with Gasteiger partial charge in [-0.25, -0.2) is 0 Å². The molecule has 1 aromatic rings. The van der Waals surface area contributed by atoms with Crippen molar-refractivity contribution in [3.05, 3.63) is 35.4 Å². The number of hydrogen-bond acceptors (Lipinski definition) is 2. The summed E-state index contributed by atoms with van der Waals surface area (Å²) in [6.45, 7) is 2.36. The molecule has 0 heterocycles. The van der Waals surface area contributed by atoms with E-state index in [2.05, 4.69) is 36.6 Å². The van der Waals surface area contributed by atoms with E-state index in [9.17, 15) is 0 Å². The summed E-state index contributed by atoms with van der Waals surface area (Å²) in [5, 5.41) is 0. The van der Waals surface area contributed by atoms with E-state index in [4.69, 9.17) is 5.84 Å². The Morgan fingerprint density at radius 3 is 2.63 bits per heavy atom. The maximum Gasteiger partial charge on any atom is 0.0488 e. The van der Waals surface area contributed by atoms with Gasteiger partial charge in [-0.15, -0.1) is 0 Å². The molecule has 3 rings (SSSR count). The molecule has 1 aromatic carbocycles. The fourth-order valence-electron chi connectivity index (χ4n) is 3.81. The van der Waals surface area contributed by atoms with Gasteiger partial charge in [0.2, 0.25) is 0 Å². The summed E-state index contributed by atoms with van der Waals surface area (Å²) in [5.41, 5.74) is 6.00. The number of rotatable bonds is 4. The average molecular weight is 258 g/mol. The van der Waals surface area contributed by atoms with Crippen LogP contribution < -0.4 is 11.3 Å². The highest BCUT2D eigenvalue weighted by Gasteiger charge is 2.29. The third-order valence-corrected chi connectivity index (χ3v) is 5.23. The summed E-state index contributed by atoms with van der Waals surface area (Å²) in [4.78, 5) is 0. The summed E-state index contributed by atoms with van der Waals surface area (Å²) in [6.07, 6.45) is 8.10. The van der Waals surface area contributed by atoms with E-state index < -0.39 is 0 Å². The predicted octanol–water partition coefficient (Wildman–Crippen LogP) is 3.89.